The molecular formula is C12H17F2NO2. The fraction of sp³-hybridized carbons (Fsp3) is 0.500. The summed E-state index contributed by atoms with van der Waals surface area (Å²) in [6.45, 7) is 1.99. The van der Waals surface area contributed by atoms with E-state index in [0.717, 1.165) is 0 Å². The number of hydrogen-bond donors (Lipinski definition) is 2. The van der Waals surface area contributed by atoms with Crippen LogP contribution in [0, 0.1) is 6.92 Å². The lowest BCUT2D eigenvalue weighted by atomic mass is 10.0. The normalized spacial score (nSPS) is 12.9. The fourth-order valence-electron chi connectivity index (χ4n) is 1.78. The van der Waals surface area contributed by atoms with E-state index in [4.69, 9.17) is 4.74 Å². The van der Waals surface area contributed by atoms with Crippen LogP contribution in [-0.4, -0.2) is 25.8 Å². The van der Waals surface area contributed by atoms with Gasteiger partial charge in [0, 0.05) is 12.1 Å². The van der Waals surface area contributed by atoms with E-state index in [2.05, 4.69) is 5.32 Å². The van der Waals surface area contributed by atoms with Gasteiger partial charge in [0.2, 0.25) is 0 Å². The number of likely N-dealkylation sites (N-methyl/N-ethyl adjacent to an activating group) is 1. The Labute approximate surface area is 99.4 Å². The summed E-state index contributed by atoms with van der Waals surface area (Å²) in [5, 5.41) is 12.7. The number of aryl methyl sites for hydroxylation is 1. The Morgan fingerprint density at radius 3 is 2.41 bits per heavy atom. The van der Waals surface area contributed by atoms with Crippen molar-refractivity contribution in [2.75, 3.05) is 20.7 Å². The van der Waals surface area contributed by atoms with E-state index in [9.17, 15) is 13.9 Å². The SMILES string of the molecule is CNCC(O)c1cc(C)cc(C(F)F)c1OC. The van der Waals surface area contributed by atoms with Crippen LogP contribution in [0.3, 0.4) is 0 Å². The lowest BCUT2D eigenvalue weighted by Gasteiger charge is -2.18. The van der Waals surface area contributed by atoms with E-state index in [0.29, 0.717) is 11.1 Å². The average molecular weight is 245 g/mol. The molecule has 96 valence electrons. The molecule has 0 aliphatic rings. The number of alkyl halides is 2. The van der Waals surface area contributed by atoms with Crippen LogP contribution in [0.5, 0.6) is 5.75 Å². The average Bonchev–Trinajstić information content (AvgIpc) is 2.28. The Kier molecular flexibility index (Phi) is 4.84. The van der Waals surface area contributed by atoms with Crippen molar-refractivity contribution < 1.29 is 18.6 Å². The van der Waals surface area contributed by atoms with Gasteiger partial charge in [0.25, 0.3) is 6.43 Å². The summed E-state index contributed by atoms with van der Waals surface area (Å²) in [6.07, 6.45) is -3.49. The molecule has 0 aliphatic carbocycles. The van der Waals surface area contributed by atoms with Gasteiger partial charge in [-0.15, -0.1) is 0 Å². The lowest BCUT2D eigenvalue weighted by Crippen LogP contribution is -2.18. The molecule has 1 aromatic carbocycles. The molecule has 1 atom stereocenters. The van der Waals surface area contributed by atoms with Crippen molar-refractivity contribution in [1.82, 2.24) is 5.32 Å². The van der Waals surface area contributed by atoms with E-state index in [1.807, 2.05) is 0 Å². The van der Waals surface area contributed by atoms with Crippen molar-refractivity contribution in [2.24, 2.45) is 0 Å². The highest BCUT2D eigenvalue weighted by Crippen LogP contribution is 2.36. The van der Waals surface area contributed by atoms with Crippen LogP contribution >= 0.6 is 0 Å². The number of rotatable bonds is 5. The number of halogens is 2. The van der Waals surface area contributed by atoms with Crippen molar-refractivity contribution in [3.8, 4) is 5.75 Å². The third-order valence-electron chi connectivity index (χ3n) is 2.49. The van der Waals surface area contributed by atoms with Crippen LogP contribution in [-0.2, 0) is 0 Å². The van der Waals surface area contributed by atoms with Crippen molar-refractivity contribution in [3.63, 3.8) is 0 Å². The Balaban J connectivity index is 3.27. The van der Waals surface area contributed by atoms with Crippen LogP contribution in [0.25, 0.3) is 0 Å². The van der Waals surface area contributed by atoms with Crippen LogP contribution in [0.4, 0.5) is 8.78 Å². The van der Waals surface area contributed by atoms with Crippen LogP contribution in [0.2, 0.25) is 0 Å². The molecule has 0 aromatic heterocycles. The third kappa shape index (κ3) is 3.14. The topological polar surface area (TPSA) is 41.5 Å². The van der Waals surface area contributed by atoms with E-state index >= 15 is 0 Å². The molecule has 0 fully saturated rings. The zero-order valence-corrected chi connectivity index (χ0v) is 10.1. The quantitative estimate of drug-likeness (QED) is 0.835. The number of hydrogen-bond acceptors (Lipinski definition) is 3. The predicted molar refractivity (Wildman–Crippen MR) is 61.6 cm³/mol. The van der Waals surface area contributed by atoms with Crippen molar-refractivity contribution >= 4 is 0 Å². The van der Waals surface area contributed by atoms with Gasteiger partial charge in [-0.2, -0.15) is 0 Å². The molecule has 0 saturated heterocycles. The number of benzene rings is 1. The molecule has 0 radical (unpaired) electrons. The maximum Gasteiger partial charge on any atom is 0.267 e. The summed E-state index contributed by atoms with van der Waals surface area (Å²) in [6, 6.07) is 3.03. The molecule has 0 saturated carbocycles. The third-order valence-corrected chi connectivity index (χ3v) is 2.49. The Bertz CT molecular complexity index is 383. The summed E-state index contributed by atoms with van der Waals surface area (Å²) in [5.41, 5.74) is 0.876. The molecule has 3 nitrogen and oxygen atoms in total. The molecule has 1 aromatic rings. The molecule has 2 N–H and O–H groups in total. The van der Waals surface area contributed by atoms with E-state index < -0.39 is 12.5 Å². The van der Waals surface area contributed by atoms with E-state index in [1.54, 1.807) is 20.0 Å². The molecule has 0 spiro atoms. The summed E-state index contributed by atoms with van der Waals surface area (Å²) >= 11 is 0. The highest BCUT2D eigenvalue weighted by molar-refractivity contribution is 5.46. The van der Waals surface area contributed by atoms with Gasteiger partial charge >= 0.3 is 0 Å². The van der Waals surface area contributed by atoms with E-state index in [1.165, 1.54) is 13.2 Å². The molecule has 0 bridgehead atoms. The maximum atomic E-state index is 12.8. The minimum atomic E-state index is -2.62. The summed E-state index contributed by atoms with van der Waals surface area (Å²) < 4.78 is 30.7. The van der Waals surface area contributed by atoms with Crippen molar-refractivity contribution in [2.45, 2.75) is 19.5 Å². The molecule has 0 heterocycles. The summed E-state index contributed by atoms with van der Waals surface area (Å²) in [7, 11) is 3.01. The summed E-state index contributed by atoms with van der Waals surface area (Å²) in [5.74, 6) is 0.0633. The largest absolute Gasteiger partial charge is 0.496 e. The van der Waals surface area contributed by atoms with Gasteiger partial charge < -0.3 is 15.2 Å². The number of aliphatic hydroxyl groups is 1. The monoisotopic (exact) mass is 245 g/mol. The van der Waals surface area contributed by atoms with Gasteiger partial charge in [-0.3, -0.25) is 0 Å². The van der Waals surface area contributed by atoms with Gasteiger partial charge in [0.05, 0.1) is 18.8 Å². The number of ether oxygens (including phenoxy) is 1. The lowest BCUT2D eigenvalue weighted by molar-refractivity contribution is 0.143. The molecule has 1 rings (SSSR count). The molecule has 17 heavy (non-hydrogen) atoms. The first-order valence-corrected chi connectivity index (χ1v) is 5.30. The second-order valence-corrected chi connectivity index (χ2v) is 3.85. The smallest absolute Gasteiger partial charge is 0.267 e. The molecular weight excluding hydrogens is 228 g/mol. The second-order valence-electron chi connectivity index (χ2n) is 3.85. The number of aliphatic hydroxyl groups excluding tert-OH is 1. The first-order chi connectivity index (χ1) is 8.01. The highest BCUT2D eigenvalue weighted by Gasteiger charge is 2.21. The molecule has 0 aliphatic heterocycles. The summed E-state index contributed by atoms with van der Waals surface area (Å²) in [4.78, 5) is 0. The van der Waals surface area contributed by atoms with Gasteiger partial charge in [0.15, 0.2) is 0 Å². The minimum Gasteiger partial charge on any atom is -0.496 e. The van der Waals surface area contributed by atoms with Crippen LogP contribution < -0.4 is 10.1 Å². The first kappa shape index (κ1) is 13.9. The van der Waals surface area contributed by atoms with Gasteiger partial charge in [0.1, 0.15) is 5.75 Å². The zero-order chi connectivity index (χ0) is 13.0. The Morgan fingerprint density at radius 1 is 1.35 bits per heavy atom. The Hall–Kier alpha value is -1.20. The van der Waals surface area contributed by atoms with Gasteiger partial charge in [-0.25, -0.2) is 8.78 Å². The van der Waals surface area contributed by atoms with Crippen LogP contribution in [0.1, 0.15) is 29.2 Å². The number of methoxy groups -OCH3 is 1. The maximum absolute atomic E-state index is 12.8. The fourth-order valence-corrected chi connectivity index (χ4v) is 1.78. The highest BCUT2D eigenvalue weighted by atomic mass is 19.3. The van der Waals surface area contributed by atoms with E-state index in [-0.39, 0.29) is 17.9 Å². The Morgan fingerprint density at radius 2 is 1.94 bits per heavy atom. The standard InChI is InChI=1S/C12H17F2NO2/c1-7-4-8(10(16)6-15-2)11(17-3)9(5-7)12(13)14/h4-5,10,12,15-16H,6H2,1-3H3. The van der Waals surface area contributed by atoms with Gasteiger partial charge in [-0.1, -0.05) is 5.56 Å². The number of nitrogens with one attached hydrogen (secondary N) is 1. The zero-order valence-electron chi connectivity index (χ0n) is 10.1. The molecule has 1 unspecified atom stereocenters. The minimum absolute atomic E-state index is 0.0633. The van der Waals surface area contributed by atoms with Crippen molar-refractivity contribution in [3.05, 3.63) is 28.8 Å². The van der Waals surface area contributed by atoms with Crippen LogP contribution in [0.15, 0.2) is 12.1 Å². The predicted octanol–water partition coefficient (Wildman–Crippen LogP) is 2.19. The van der Waals surface area contributed by atoms with Gasteiger partial charge in [-0.05, 0) is 26.1 Å². The van der Waals surface area contributed by atoms with Crippen molar-refractivity contribution in [1.29, 1.82) is 0 Å². The first-order valence-electron chi connectivity index (χ1n) is 5.30. The second kappa shape index (κ2) is 5.93. The molecule has 0 amide bonds. The molecule has 5 heteroatoms.